The lowest BCUT2D eigenvalue weighted by Crippen LogP contribution is -1.99. The van der Waals surface area contributed by atoms with Crippen LogP contribution in [0.15, 0.2) is 18.2 Å². The van der Waals surface area contributed by atoms with E-state index in [1.165, 1.54) is 5.56 Å². The normalized spacial score (nSPS) is 19.0. The van der Waals surface area contributed by atoms with E-state index in [0.717, 1.165) is 17.7 Å². The first-order valence-corrected chi connectivity index (χ1v) is 5.83. The second kappa shape index (κ2) is 4.28. The molecule has 2 nitrogen and oxygen atoms in total. The lowest BCUT2D eigenvalue weighted by atomic mass is 9.92. The summed E-state index contributed by atoms with van der Waals surface area (Å²) in [7, 11) is 1.66. The fraction of sp³-hybridized carbons (Fsp3) is 0.500. The van der Waals surface area contributed by atoms with Crippen molar-refractivity contribution in [2.45, 2.75) is 32.6 Å². The van der Waals surface area contributed by atoms with Crippen LogP contribution in [0.5, 0.6) is 5.75 Å². The van der Waals surface area contributed by atoms with E-state index in [-0.39, 0.29) is 5.78 Å². The van der Waals surface area contributed by atoms with Crippen molar-refractivity contribution in [2.24, 2.45) is 5.92 Å². The van der Waals surface area contributed by atoms with E-state index in [9.17, 15) is 4.79 Å². The van der Waals surface area contributed by atoms with Crippen molar-refractivity contribution >= 4 is 5.78 Å². The topological polar surface area (TPSA) is 26.3 Å². The van der Waals surface area contributed by atoms with Gasteiger partial charge in [-0.25, -0.2) is 0 Å². The molecule has 0 aliphatic heterocycles. The average molecular weight is 218 g/mol. The summed E-state index contributed by atoms with van der Waals surface area (Å²) in [5.74, 6) is 2.14. The number of methoxy groups -OCH3 is 1. The molecule has 1 unspecified atom stereocenters. The van der Waals surface area contributed by atoms with E-state index in [1.54, 1.807) is 7.11 Å². The van der Waals surface area contributed by atoms with Crippen LogP contribution < -0.4 is 4.74 Å². The van der Waals surface area contributed by atoms with Crippen molar-refractivity contribution in [1.29, 1.82) is 0 Å². The molecule has 0 amide bonds. The molecule has 16 heavy (non-hydrogen) atoms. The van der Waals surface area contributed by atoms with Gasteiger partial charge in [-0.1, -0.05) is 13.8 Å². The van der Waals surface area contributed by atoms with Gasteiger partial charge >= 0.3 is 0 Å². The van der Waals surface area contributed by atoms with Gasteiger partial charge in [-0.05, 0) is 42.0 Å². The van der Waals surface area contributed by atoms with Gasteiger partial charge in [0.1, 0.15) is 5.75 Å². The van der Waals surface area contributed by atoms with Gasteiger partial charge < -0.3 is 4.74 Å². The minimum absolute atomic E-state index is 0.281. The molecule has 0 bridgehead atoms. The molecule has 0 heterocycles. The molecule has 0 saturated heterocycles. The first kappa shape index (κ1) is 11.2. The summed E-state index contributed by atoms with van der Waals surface area (Å²) < 4.78 is 5.22. The standard InChI is InChI=1S/C14H18O2/c1-9(2)6-10-7-14(15)12-5-4-11(16-3)8-13(10)12/h4-5,8-10H,6-7H2,1-3H3. The molecule has 2 rings (SSSR count). The van der Waals surface area contributed by atoms with Crippen LogP contribution in [-0.4, -0.2) is 12.9 Å². The van der Waals surface area contributed by atoms with Crippen LogP contribution >= 0.6 is 0 Å². The Labute approximate surface area is 96.6 Å². The number of ketones is 1. The monoisotopic (exact) mass is 218 g/mol. The van der Waals surface area contributed by atoms with Crippen molar-refractivity contribution in [3.8, 4) is 5.75 Å². The van der Waals surface area contributed by atoms with E-state index in [2.05, 4.69) is 13.8 Å². The summed E-state index contributed by atoms with van der Waals surface area (Å²) in [6.07, 6.45) is 1.74. The number of Topliss-reactive ketones (excluding diaryl/α,β-unsaturated/α-hetero) is 1. The third-order valence-electron chi connectivity index (χ3n) is 3.19. The van der Waals surface area contributed by atoms with Gasteiger partial charge in [0, 0.05) is 12.0 Å². The Morgan fingerprint density at radius 1 is 1.44 bits per heavy atom. The maximum Gasteiger partial charge on any atom is 0.163 e. The SMILES string of the molecule is COc1ccc2c(c1)C(CC(C)C)CC2=O. The fourth-order valence-corrected chi connectivity index (χ4v) is 2.48. The zero-order chi connectivity index (χ0) is 11.7. The van der Waals surface area contributed by atoms with Gasteiger partial charge in [-0.15, -0.1) is 0 Å². The van der Waals surface area contributed by atoms with Crippen molar-refractivity contribution in [3.63, 3.8) is 0 Å². The van der Waals surface area contributed by atoms with Gasteiger partial charge in [-0.3, -0.25) is 4.79 Å². The highest BCUT2D eigenvalue weighted by atomic mass is 16.5. The number of rotatable bonds is 3. The maximum atomic E-state index is 11.8. The Hall–Kier alpha value is -1.31. The van der Waals surface area contributed by atoms with Crippen molar-refractivity contribution in [1.82, 2.24) is 0 Å². The molecule has 2 heteroatoms. The summed E-state index contributed by atoms with van der Waals surface area (Å²) in [6.45, 7) is 4.39. The average Bonchev–Trinajstić information content (AvgIpc) is 2.54. The van der Waals surface area contributed by atoms with E-state index >= 15 is 0 Å². The maximum absolute atomic E-state index is 11.8. The zero-order valence-electron chi connectivity index (χ0n) is 10.1. The number of hydrogen-bond donors (Lipinski definition) is 0. The molecule has 0 aromatic heterocycles. The van der Waals surface area contributed by atoms with Crippen LogP contribution in [0.4, 0.5) is 0 Å². The second-order valence-electron chi connectivity index (χ2n) is 4.91. The molecule has 0 fully saturated rings. The number of carbonyl (C=O) groups excluding carboxylic acids is 1. The van der Waals surface area contributed by atoms with E-state index < -0.39 is 0 Å². The highest BCUT2D eigenvalue weighted by molar-refractivity contribution is 6.01. The van der Waals surface area contributed by atoms with Gasteiger partial charge in [-0.2, -0.15) is 0 Å². The third-order valence-corrected chi connectivity index (χ3v) is 3.19. The molecule has 0 spiro atoms. The van der Waals surface area contributed by atoms with Crippen LogP contribution in [0.2, 0.25) is 0 Å². The molecule has 0 N–H and O–H groups in total. The number of carbonyl (C=O) groups is 1. The van der Waals surface area contributed by atoms with E-state index in [4.69, 9.17) is 4.74 Å². The predicted octanol–water partition coefficient (Wildman–Crippen LogP) is 3.41. The van der Waals surface area contributed by atoms with Crippen LogP contribution in [0, 0.1) is 5.92 Å². The van der Waals surface area contributed by atoms with Gasteiger partial charge in [0.15, 0.2) is 5.78 Å². The highest BCUT2D eigenvalue weighted by Gasteiger charge is 2.29. The Morgan fingerprint density at radius 2 is 2.19 bits per heavy atom. The smallest absolute Gasteiger partial charge is 0.163 e. The summed E-state index contributed by atoms with van der Waals surface area (Å²) in [5.41, 5.74) is 2.07. The summed E-state index contributed by atoms with van der Waals surface area (Å²) in [6, 6.07) is 5.79. The van der Waals surface area contributed by atoms with Crippen molar-refractivity contribution < 1.29 is 9.53 Å². The Balaban J connectivity index is 2.34. The lowest BCUT2D eigenvalue weighted by Gasteiger charge is -2.13. The molecule has 1 aromatic carbocycles. The number of benzene rings is 1. The van der Waals surface area contributed by atoms with E-state index in [0.29, 0.717) is 18.3 Å². The lowest BCUT2D eigenvalue weighted by molar-refractivity contribution is 0.0987. The number of ether oxygens (including phenoxy) is 1. The first-order valence-electron chi connectivity index (χ1n) is 5.83. The zero-order valence-corrected chi connectivity index (χ0v) is 10.1. The summed E-state index contributed by atoms with van der Waals surface area (Å²) >= 11 is 0. The van der Waals surface area contributed by atoms with Crippen LogP contribution in [0.1, 0.15) is 48.5 Å². The number of hydrogen-bond acceptors (Lipinski definition) is 2. The Morgan fingerprint density at radius 3 is 2.81 bits per heavy atom. The first-order chi connectivity index (χ1) is 7.61. The molecular weight excluding hydrogens is 200 g/mol. The Kier molecular flexibility index (Phi) is 2.99. The minimum Gasteiger partial charge on any atom is -0.497 e. The van der Waals surface area contributed by atoms with Gasteiger partial charge in [0.25, 0.3) is 0 Å². The molecule has 1 aliphatic rings. The summed E-state index contributed by atoms with van der Waals surface area (Å²) in [4.78, 5) is 11.8. The Bertz CT molecular complexity index is 407. The molecule has 0 saturated carbocycles. The molecule has 1 aliphatic carbocycles. The molecule has 86 valence electrons. The third kappa shape index (κ3) is 1.97. The van der Waals surface area contributed by atoms with E-state index in [1.807, 2.05) is 18.2 Å². The molecule has 1 atom stereocenters. The quantitative estimate of drug-likeness (QED) is 0.777. The minimum atomic E-state index is 0.281. The fourth-order valence-electron chi connectivity index (χ4n) is 2.48. The van der Waals surface area contributed by atoms with Crippen LogP contribution in [0.3, 0.4) is 0 Å². The number of fused-ring (bicyclic) bond motifs is 1. The van der Waals surface area contributed by atoms with Crippen molar-refractivity contribution in [2.75, 3.05) is 7.11 Å². The van der Waals surface area contributed by atoms with Gasteiger partial charge in [0.05, 0.1) is 7.11 Å². The second-order valence-corrected chi connectivity index (χ2v) is 4.91. The van der Waals surface area contributed by atoms with Crippen molar-refractivity contribution in [3.05, 3.63) is 29.3 Å². The summed E-state index contributed by atoms with van der Waals surface area (Å²) in [5, 5.41) is 0. The molecule has 1 aromatic rings. The predicted molar refractivity (Wildman–Crippen MR) is 64.1 cm³/mol. The van der Waals surface area contributed by atoms with Gasteiger partial charge in [0.2, 0.25) is 0 Å². The molecular formula is C14H18O2. The van der Waals surface area contributed by atoms with Crippen LogP contribution in [0.25, 0.3) is 0 Å². The van der Waals surface area contributed by atoms with Crippen LogP contribution in [-0.2, 0) is 0 Å². The highest BCUT2D eigenvalue weighted by Crippen LogP contribution is 2.38. The largest absolute Gasteiger partial charge is 0.497 e. The molecule has 0 radical (unpaired) electrons.